The van der Waals surface area contributed by atoms with Gasteiger partial charge in [0.15, 0.2) is 23.3 Å². The van der Waals surface area contributed by atoms with Crippen molar-refractivity contribution in [3.05, 3.63) is 47.3 Å². The Morgan fingerprint density at radius 1 is 0.947 bits per heavy atom. The summed E-state index contributed by atoms with van der Waals surface area (Å²) in [7, 11) is 0. The number of aliphatic hydroxyl groups is 1. The van der Waals surface area contributed by atoms with Crippen LogP contribution in [0.5, 0.6) is 0 Å². The second kappa shape index (κ2) is 6.63. The van der Waals surface area contributed by atoms with Crippen LogP contribution in [-0.4, -0.2) is 29.7 Å². The minimum atomic E-state index is -2.18. The van der Waals surface area contributed by atoms with Crippen LogP contribution in [0.2, 0.25) is 0 Å². The van der Waals surface area contributed by atoms with Gasteiger partial charge in [-0.25, -0.2) is 22.0 Å². The van der Waals surface area contributed by atoms with Gasteiger partial charge in [0, 0.05) is 25.2 Å². The molecule has 1 aromatic rings. The SMILES string of the molecule is C=CCN(CCO)Cc1c(F)c(F)c(F)c(F)c1F. The summed E-state index contributed by atoms with van der Waals surface area (Å²) >= 11 is 0. The first-order valence-corrected chi connectivity index (χ1v) is 5.38. The summed E-state index contributed by atoms with van der Waals surface area (Å²) in [5.41, 5.74) is -0.924. The van der Waals surface area contributed by atoms with Crippen LogP contribution in [0.3, 0.4) is 0 Å². The highest BCUT2D eigenvalue weighted by molar-refractivity contribution is 5.24. The zero-order chi connectivity index (χ0) is 14.6. The van der Waals surface area contributed by atoms with E-state index in [-0.39, 0.29) is 19.7 Å². The lowest BCUT2D eigenvalue weighted by Crippen LogP contribution is -2.28. The van der Waals surface area contributed by atoms with Crippen molar-refractivity contribution in [3.63, 3.8) is 0 Å². The van der Waals surface area contributed by atoms with Crippen LogP contribution in [0.4, 0.5) is 22.0 Å². The van der Waals surface area contributed by atoms with Gasteiger partial charge in [-0.05, 0) is 0 Å². The summed E-state index contributed by atoms with van der Waals surface area (Å²) in [4.78, 5) is 1.30. The Labute approximate surface area is 106 Å². The first-order valence-electron chi connectivity index (χ1n) is 5.38. The Balaban J connectivity index is 3.16. The lowest BCUT2D eigenvalue weighted by molar-refractivity contribution is 0.198. The molecule has 0 radical (unpaired) electrons. The van der Waals surface area contributed by atoms with Crippen LogP contribution in [0.15, 0.2) is 12.7 Å². The number of aliphatic hydroxyl groups excluding tert-OH is 1. The fourth-order valence-corrected chi connectivity index (χ4v) is 1.57. The molecule has 2 nitrogen and oxygen atoms in total. The number of benzene rings is 1. The summed E-state index contributed by atoms with van der Waals surface area (Å²) in [6.45, 7) is 2.73. The molecule has 0 heterocycles. The molecule has 0 fully saturated rings. The smallest absolute Gasteiger partial charge is 0.200 e. The van der Waals surface area contributed by atoms with Crippen molar-refractivity contribution in [2.75, 3.05) is 19.7 Å². The molecule has 0 unspecified atom stereocenters. The van der Waals surface area contributed by atoms with Gasteiger partial charge < -0.3 is 5.11 Å². The van der Waals surface area contributed by atoms with Gasteiger partial charge in [-0.1, -0.05) is 6.08 Å². The molecule has 1 N–H and O–H groups in total. The van der Waals surface area contributed by atoms with Crippen LogP contribution >= 0.6 is 0 Å². The molecule has 0 aromatic heterocycles. The lowest BCUT2D eigenvalue weighted by Gasteiger charge is -2.20. The maximum atomic E-state index is 13.4. The fraction of sp³-hybridized carbons (Fsp3) is 0.333. The summed E-state index contributed by atoms with van der Waals surface area (Å²) in [5, 5.41) is 8.76. The average Bonchev–Trinajstić information content (AvgIpc) is 2.39. The first kappa shape index (κ1) is 15.6. The maximum absolute atomic E-state index is 13.4. The highest BCUT2D eigenvalue weighted by Gasteiger charge is 2.26. The molecule has 0 aliphatic carbocycles. The van der Waals surface area contributed by atoms with E-state index in [0.717, 1.165) is 0 Å². The van der Waals surface area contributed by atoms with E-state index < -0.39 is 41.2 Å². The van der Waals surface area contributed by atoms with Crippen LogP contribution in [0.1, 0.15) is 5.56 Å². The van der Waals surface area contributed by atoms with Crippen LogP contribution in [0.25, 0.3) is 0 Å². The minimum absolute atomic E-state index is 0.0194. The van der Waals surface area contributed by atoms with E-state index in [0.29, 0.717) is 0 Å². The predicted molar refractivity (Wildman–Crippen MR) is 58.8 cm³/mol. The fourth-order valence-electron chi connectivity index (χ4n) is 1.57. The zero-order valence-electron chi connectivity index (χ0n) is 9.90. The van der Waals surface area contributed by atoms with E-state index in [4.69, 9.17) is 5.11 Å². The molecule has 0 amide bonds. The van der Waals surface area contributed by atoms with E-state index in [2.05, 4.69) is 6.58 Å². The molecule has 0 atom stereocenters. The third kappa shape index (κ3) is 3.30. The Kier molecular flexibility index (Phi) is 5.44. The van der Waals surface area contributed by atoms with Crippen molar-refractivity contribution < 1.29 is 27.1 Å². The summed E-state index contributed by atoms with van der Waals surface area (Å²) in [6, 6.07) is 0. The molecule has 0 saturated heterocycles. The highest BCUT2D eigenvalue weighted by atomic mass is 19.2. The second-order valence-corrected chi connectivity index (χ2v) is 3.80. The van der Waals surface area contributed by atoms with Crippen molar-refractivity contribution in [2.24, 2.45) is 0 Å². The molecule has 0 saturated carbocycles. The third-order valence-electron chi connectivity index (χ3n) is 2.49. The van der Waals surface area contributed by atoms with E-state index in [1.165, 1.54) is 11.0 Å². The Hall–Kier alpha value is -1.47. The monoisotopic (exact) mass is 281 g/mol. The van der Waals surface area contributed by atoms with Gasteiger partial charge in [0.25, 0.3) is 0 Å². The third-order valence-corrected chi connectivity index (χ3v) is 2.49. The number of nitrogens with zero attached hydrogens (tertiary/aromatic N) is 1. The van der Waals surface area contributed by atoms with E-state index in [1.807, 2.05) is 0 Å². The first-order chi connectivity index (χ1) is 8.93. The average molecular weight is 281 g/mol. The largest absolute Gasteiger partial charge is 0.395 e. The number of rotatable bonds is 6. The quantitative estimate of drug-likeness (QED) is 0.374. The van der Waals surface area contributed by atoms with Crippen LogP contribution < -0.4 is 0 Å². The number of hydrogen-bond donors (Lipinski definition) is 1. The van der Waals surface area contributed by atoms with Crippen molar-refractivity contribution in [2.45, 2.75) is 6.54 Å². The Bertz CT molecular complexity index is 449. The van der Waals surface area contributed by atoms with Gasteiger partial charge in [0.2, 0.25) is 5.82 Å². The van der Waals surface area contributed by atoms with Gasteiger partial charge in [0.1, 0.15) is 0 Å². The molecule has 0 aliphatic rings. The maximum Gasteiger partial charge on any atom is 0.200 e. The minimum Gasteiger partial charge on any atom is -0.395 e. The topological polar surface area (TPSA) is 23.5 Å². The van der Waals surface area contributed by atoms with Crippen molar-refractivity contribution in [1.29, 1.82) is 0 Å². The van der Waals surface area contributed by atoms with E-state index >= 15 is 0 Å². The standard InChI is InChI=1S/C12H12F5NO/c1-2-3-18(4-5-19)6-7-8(13)10(15)12(17)11(16)9(7)14/h2,19H,1,3-6H2. The van der Waals surface area contributed by atoms with Gasteiger partial charge in [-0.2, -0.15) is 0 Å². The van der Waals surface area contributed by atoms with Crippen molar-refractivity contribution in [3.8, 4) is 0 Å². The number of hydrogen-bond acceptors (Lipinski definition) is 2. The van der Waals surface area contributed by atoms with Gasteiger partial charge >= 0.3 is 0 Å². The normalized spacial score (nSPS) is 11.1. The molecular weight excluding hydrogens is 269 g/mol. The Morgan fingerprint density at radius 3 is 1.84 bits per heavy atom. The molecule has 0 bridgehead atoms. The molecular formula is C12H12F5NO. The predicted octanol–water partition coefficient (Wildman–Crippen LogP) is 2.36. The molecule has 7 heteroatoms. The second-order valence-electron chi connectivity index (χ2n) is 3.80. The van der Waals surface area contributed by atoms with Gasteiger partial charge in [-0.15, -0.1) is 6.58 Å². The molecule has 1 rings (SSSR count). The van der Waals surface area contributed by atoms with Crippen LogP contribution in [-0.2, 0) is 6.54 Å². The molecule has 106 valence electrons. The molecule has 0 aliphatic heterocycles. The van der Waals surface area contributed by atoms with Gasteiger partial charge in [-0.3, -0.25) is 4.90 Å². The summed E-state index contributed by atoms with van der Waals surface area (Å²) in [6.07, 6.45) is 1.39. The van der Waals surface area contributed by atoms with Crippen molar-refractivity contribution >= 4 is 0 Å². The van der Waals surface area contributed by atoms with Gasteiger partial charge in [0.05, 0.1) is 6.61 Å². The Morgan fingerprint density at radius 2 is 1.42 bits per heavy atom. The van der Waals surface area contributed by atoms with Crippen LogP contribution in [0, 0.1) is 29.1 Å². The lowest BCUT2D eigenvalue weighted by atomic mass is 10.1. The van der Waals surface area contributed by atoms with E-state index in [9.17, 15) is 22.0 Å². The number of halogens is 5. The zero-order valence-corrected chi connectivity index (χ0v) is 9.90. The molecule has 1 aromatic carbocycles. The molecule has 0 spiro atoms. The molecule has 19 heavy (non-hydrogen) atoms. The van der Waals surface area contributed by atoms with Crippen molar-refractivity contribution in [1.82, 2.24) is 4.90 Å². The van der Waals surface area contributed by atoms with E-state index in [1.54, 1.807) is 0 Å². The summed E-state index contributed by atoms with van der Waals surface area (Å²) in [5.74, 6) is -9.85. The highest BCUT2D eigenvalue weighted by Crippen LogP contribution is 2.24. The summed E-state index contributed by atoms with van der Waals surface area (Å²) < 4.78 is 65.6.